The maximum Gasteiger partial charge on any atom is 0.307 e. The van der Waals surface area contributed by atoms with E-state index in [2.05, 4.69) is 9.88 Å². The fraction of sp³-hybridized carbons (Fsp3) is 0.500. The molecular formula is C12H16N2O2. The molecule has 86 valence electrons. The van der Waals surface area contributed by atoms with Crippen LogP contribution in [0.25, 0.3) is 0 Å². The molecule has 2 heterocycles. The van der Waals surface area contributed by atoms with E-state index in [1.807, 2.05) is 19.1 Å². The van der Waals surface area contributed by atoms with Crippen LogP contribution in [0.4, 0.5) is 0 Å². The Morgan fingerprint density at radius 1 is 1.69 bits per heavy atom. The van der Waals surface area contributed by atoms with Gasteiger partial charge in [-0.05, 0) is 31.5 Å². The predicted molar refractivity (Wildman–Crippen MR) is 60.0 cm³/mol. The van der Waals surface area contributed by atoms with E-state index in [9.17, 15) is 4.79 Å². The lowest BCUT2D eigenvalue weighted by molar-refractivity contribution is -0.141. The molecule has 1 atom stereocenters. The van der Waals surface area contributed by atoms with Gasteiger partial charge in [0.2, 0.25) is 0 Å². The number of aryl methyl sites for hydroxylation is 1. The molecule has 1 unspecified atom stereocenters. The molecule has 4 nitrogen and oxygen atoms in total. The lowest BCUT2D eigenvalue weighted by Crippen LogP contribution is -2.23. The van der Waals surface area contributed by atoms with Gasteiger partial charge in [0.05, 0.1) is 11.6 Å². The van der Waals surface area contributed by atoms with E-state index in [-0.39, 0.29) is 5.92 Å². The summed E-state index contributed by atoms with van der Waals surface area (Å²) in [7, 11) is 0. The molecular weight excluding hydrogens is 204 g/mol. The second-order valence-electron chi connectivity index (χ2n) is 4.33. The summed E-state index contributed by atoms with van der Waals surface area (Å²) in [6, 6.07) is 3.95. The first kappa shape index (κ1) is 11.1. The Bertz CT molecular complexity index is 392. The van der Waals surface area contributed by atoms with Crippen molar-refractivity contribution in [3.8, 4) is 0 Å². The summed E-state index contributed by atoms with van der Waals surface area (Å²) < 4.78 is 0. The van der Waals surface area contributed by atoms with Gasteiger partial charge in [0.15, 0.2) is 0 Å². The number of rotatable bonds is 3. The number of hydrogen-bond acceptors (Lipinski definition) is 3. The zero-order chi connectivity index (χ0) is 11.5. The van der Waals surface area contributed by atoms with Gasteiger partial charge in [-0.25, -0.2) is 0 Å². The Labute approximate surface area is 94.9 Å². The van der Waals surface area contributed by atoms with Crippen molar-refractivity contribution < 1.29 is 9.90 Å². The van der Waals surface area contributed by atoms with Gasteiger partial charge < -0.3 is 5.11 Å². The zero-order valence-electron chi connectivity index (χ0n) is 9.39. The molecule has 16 heavy (non-hydrogen) atoms. The Morgan fingerprint density at radius 2 is 2.50 bits per heavy atom. The molecule has 1 aromatic heterocycles. The van der Waals surface area contributed by atoms with E-state index in [1.54, 1.807) is 6.20 Å². The highest BCUT2D eigenvalue weighted by atomic mass is 16.4. The predicted octanol–water partition coefficient (Wildman–Crippen LogP) is 1.30. The van der Waals surface area contributed by atoms with Crippen molar-refractivity contribution in [3.63, 3.8) is 0 Å². The van der Waals surface area contributed by atoms with Crippen LogP contribution in [0.1, 0.15) is 17.7 Å². The van der Waals surface area contributed by atoms with Crippen molar-refractivity contribution in [3.05, 3.63) is 29.6 Å². The van der Waals surface area contributed by atoms with Crippen LogP contribution >= 0.6 is 0 Å². The molecule has 0 amide bonds. The van der Waals surface area contributed by atoms with Crippen LogP contribution in [0.5, 0.6) is 0 Å². The molecule has 1 N–H and O–H groups in total. The van der Waals surface area contributed by atoms with Gasteiger partial charge in [0, 0.05) is 19.3 Å². The molecule has 2 rings (SSSR count). The first-order valence-electron chi connectivity index (χ1n) is 5.52. The summed E-state index contributed by atoms with van der Waals surface area (Å²) in [5, 5.41) is 8.91. The van der Waals surface area contributed by atoms with Gasteiger partial charge >= 0.3 is 5.97 Å². The Hall–Kier alpha value is -1.42. The Morgan fingerprint density at radius 3 is 3.12 bits per heavy atom. The quantitative estimate of drug-likeness (QED) is 0.834. The number of carbonyl (C=O) groups is 1. The van der Waals surface area contributed by atoms with E-state index < -0.39 is 5.97 Å². The molecule has 0 bridgehead atoms. The van der Waals surface area contributed by atoms with Gasteiger partial charge in [-0.2, -0.15) is 0 Å². The molecule has 1 aliphatic heterocycles. The molecule has 0 spiro atoms. The third-order valence-electron chi connectivity index (χ3n) is 3.11. The fourth-order valence-corrected chi connectivity index (χ4v) is 2.07. The summed E-state index contributed by atoms with van der Waals surface area (Å²) in [6.07, 6.45) is 2.54. The maximum absolute atomic E-state index is 10.8. The monoisotopic (exact) mass is 220 g/mol. The van der Waals surface area contributed by atoms with Crippen LogP contribution in [-0.2, 0) is 11.3 Å². The van der Waals surface area contributed by atoms with E-state index in [4.69, 9.17) is 5.11 Å². The standard InChI is InChI=1S/C12H16N2O2/c1-9-3-2-5-13-11(9)8-14-6-4-10(7-14)12(15)16/h2-3,5,10H,4,6-8H2,1H3,(H,15,16). The minimum Gasteiger partial charge on any atom is -0.481 e. The van der Waals surface area contributed by atoms with Gasteiger partial charge in [0.1, 0.15) is 0 Å². The molecule has 1 aromatic rings. The maximum atomic E-state index is 10.8. The third-order valence-corrected chi connectivity index (χ3v) is 3.11. The highest BCUT2D eigenvalue weighted by Crippen LogP contribution is 2.19. The number of carboxylic acid groups (broad SMARTS) is 1. The highest BCUT2D eigenvalue weighted by molar-refractivity contribution is 5.70. The van der Waals surface area contributed by atoms with Crippen LogP contribution in [0.3, 0.4) is 0 Å². The molecule has 0 saturated carbocycles. The first-order valence-corrected chi connectivity index (χ1v) is 5.52. The number of nitrogens with zero attached hydrogens (tertiary/aromatic N) is 2. The van der Waals surface area contributed by atoms with Crippen molar-refractivity contribution in [1.29, 1.82) is 0 Å². The average Bonchev–Trinajstić information content (AvgIpc) is 2.70. The fourth-order valence-electron chi connectivity index (χ4n) is 2.07. The average molecular weight is 220 g/mol. The Balaban J connectivity index is 1.97. The van der Waals surface area contributed by atoms with Crippen molar-refractivity contribution in [2.24, 2.45) is 5.92 Å². The van der Waals surface area contributed by atoms with E-state index in [0.717, 1.165) is 25.2 Å². The van der Waals surface area contributed by atoms with Gasteiger partial charge in [-0.1, -0.05) is 6.07 Å². The summed E-state index contributed by atoms with van der Waals surface area (Å²) in [5.41, 5.74) is 2.22. The van der Waals surface area contributed by atoms with E-state index >= 15 is 0 Å². The molecule has 0 aromatic carbocycles. The van der Waals surface area contributed by atoms with Gasteiger partial charge in [0.25, 0.3) is 0 Å². The summed E-state index contributed by atoms with van der Waals surface area (Å²) in [5.74, 6) is -0.885. The number of aromatic nitrogens is 1. The Kier molecular flexibility index (Phi) is 3.19. The van der Waals surface area contributed by atoms with Crippen molar-refractivity contribution in [2.45, 2.75) is 19.9 Å². The second kappa shape index (κ2) is 4.61. The molecule has 0 aliphatic carbocycles. The van der Waals surface area contributed by atoms with Gasteiger partial charge in [-0.3, -0.25) is 14.7 Å². The van der Waals surface area contributed by atoms with Crippen LogP contribution in [-0.4, -0.2) is 34.0 Å². The lowest BCUT2D eigenvalue weighted by Gasteiger charge is -2.15. The van der Waals surface area contributed by atoms with Crippen LogP contribution < -0.4 is 0 Å². The molecule has 1 aliphatic rings. The molecule has 0 radical (unpaired) electrons. The summed E-state index contributed by atoms with van der Waals surface area (Å²) in [4.78, 5) is 17.3. The highest BCUT2D eigenvalue weighted by Gasteiger charge is 2.28. The van der Waals surface area contributed by atoms with Crippen LogP contribution in [0, 0.1) is 12.8 Å². The summed E-state index contributed by atoms with van der Waals surface area (Å²) >= 11 is 0. The minimum atomic E-state index is -0.680. The lowest BCUT2D eigenvalue weighted by atomic mass is 10.1. The van der Waals surface area contributed by atoms with Gasteiger partial charge in [-0.15, -0.1) is 0 Å². The SMILES string of the molecule is Cc1cccnc1CN1CCC(C(=O)O)C1. The number of carboxylic acids is 1. The minimum absolute atomic E-state index is 0.205. The summed E-state index contributed by atoms with van der Waals surface area (Å²) in [6.45, 7) is 4.29. The third kappa shape index (κ3) is 2.39. The van der Waals surface area contributed by atoms with Crippen LogP contribution in [0.2, 0.25) is 0 Å². The van der Waals surface area contributed by atoms with Crippen molar-refractivity contribution >= 4 is 5.97 Å². The van der Waals surface area contributed by atoms with E-state index in [0.29, 0.717) is 6.54 Å². The molecule has 1 saturated heterocycles. The number of pyridine rings is 1. The van der Waals surface area contributed by atoms with Crippen LogP contribution in [0.15, 0.2) is 18.3 Å². The van der Waals surface area contributed by atoms with E-state index in [1.165, 1.54) is 5.56 Å². The number of hydrogen-bond donors (Lipinski definition) is 1. The topological polar surface area (TPSA) is 53.4 Å². The number of likely N-dealkylation sites (tertiary alicyclic amines) is 1. The smallest absolute Gasteiger partial charge is 0.307 e. The second-order valence-corrected chi connectivity index (χ2v) is 4.33. The van der Waals surface area contributed by atoms with Crippen molar-refractivity contribution in [2.75, 3.05) is 13.1 Å². The number of aliphatic carboxylic acids is 1. The zero-order valence-corrected chi connectivity index (χ0v) is 9.39. The normalized spacial score (nSPS) is 21.2. The van der Waals surface area contributed by atoms with Crippen molar-refractivity contribution in [1.82, 2.24) is 9.88 Å². The molecule has 4 heteroatoms. The molecule has 1 fully saturated rings. The first-order chi connectivity index (χ1) is 7.66. The largest absolute Gasteiger partial charge is 0.481 e.